The minimum absolute atomic E-state index is 0.380. The lowest BCUT2D eigenvalue weighted by Gasteiger charge is -2.34. The molecule has 0 atom stereocenters. The van der Waals surface area contributed by atoms with E-state index in [1.165, 1.54) is 5.69 Å². The molecule has 0 spiro atoms. The highest BCUT2D eigenvalue weighted by atomic mass is 16.5. The molecule has 10 nitrogen and oxygen atoms in total. The Bertz CT molecular complexity index is 1110. The third kappa shape index (κ3) is 6.23. The molecule has 0 amide bonds. The van der Waals surface area contributed by atoms with Crippen molar-refractivity contribution in [3.8, 4) is 0 Å². The highest BCUT2D eigenvalue weighted by Crippen LogP contribution is 2.19. The molecule has 5 rings (SSSR count). The summed E-state index contributed by atoms with van der Waals surface area (Å²) in [5, 5.41) is 7.63. The smallest absolute Gasteiger partial charge is 0.250 e. The lowest BCUT2D eigenvalue weighted by Crippen LogP contribution is -2.44. The molecule has 2 aliphatic heterocycles. The number of likely N-dealkylation sites (N-methyl/N-ethyl adjacent to an activating group) is 1. The second-order valence-corrected chi connectivity index (χ2v) is 8.62. The van der Waals surface area contributed by atoms with Gasteiger partial charge < -0.3 is 24.8 Å². The van der Waals surface area contributed by atoms with Crippen LogP contribution in [0, 0.1) is 0 Å². The molecular formula is C25H31N9O. The van der Waals surface area contributed by atoms with E-state index in [1.54, 1.807) is 6.21 Å². The molecule has 2 fully saturated rings. The predicted octanol–water partition coefficient (Wildman–Crippen LogP) is 2.65. The van der Waals surface area contributed by atoms with Crippen LogP contribution in [0.2, 0.25) is 0 Å². The molecule has 0 saturated carbocycles. The number of para-hydroxylation sites is 1. The topological polar surface area (TPSA) is 94.0 Å². The first-order valence-electron chi connectivity index (χ1n) is 12.0. The zero-order valence-corrected chi connectivity index (χ0v) is 20.0. The Morgan fingerprint density at radius 1 is 0.800 bits per heavy atom. The summed E-state index contributed by atoms with van der Waals surface area (Å²) in [6.07, 6.45) is 1.77. The van der Waals surface area contributed by atoms with Crippen molar-refractivity contribution in [2.75, 3.05) is 80.1 Å². The second kappa shape index (κ2) is 11.1. The summed E-state index contributed by atoms with van der Waals surface area (Å²) >= 11 is 0. The van der Waals surface area contributed by atoms with Gasteiger partial charge >= 0.3 is 0 Å². The van der Waals surface area contributed by atoms with Gasteiger partial charge in [0.2, 0.25) is 17.8 Å². The lowest BCUT2D eigenvalue weighted by atomic mass is 10.2. The molecule has 3 heterocycles. The van der Waals surface area contributed by atoms with Crippen LogP contribution in [0.25, 0.3) is 0 Å². The van der Waals surface area contributed by atoms with E-state index < -0.39 is 0 Å². The van der Waals surface area contributed by atoms with Gasteiger partial charge in [-0.2, -0.15) is 20.1 Å². The fourth-order valence-electron chi connectivity index (χ4n) is 4.03. The van der Waals surface area contributed by atoms with Crippen LogP contribution in [0.15, 0.2) is 59.7 Å². The van der Waals surface area contributed by atoms with Gasteiger partial charge in [-0.05, 0) is 36.9 Å². The number of nitrogens with zero attached hydrogens (tertiary/aromatic N) is 7. The van der Waals surface area contributed by atoms with Crippen LogP contribution in [0.3, 0.4) is 0 Å². The number of ether oxygens (including phenoxy) is 1. The zero-order chi connectivity index (χ0) is 23.9. The Morgan fingerprint density at radius 3 is 2.26 bits per heavy atom. The van der Waals surface area contributed by atoms with Gasteiger partial charge in [0.15, 0.2) is 0 Å². The van der Waals surface area contributed by atoms with E-state index in [0.29, 0.717) is 31.1 Å². The van der Waals surface area contributed by atoms with Gasteiger partial charge in [0, 0.05) is 50.6 Å². The van der Waals surface area contributed by atoms with Gasteiger partial charge in [-0.1, -0.05) is 30.3 Å². The van der Waals surface area contributed by atoms with E-state index in [2.05, 4.69) is 76.8 Å². The Kier molecular flexibility index (Phi) is 7.30. The molecule has 2 aromatic carbocycles. The third-order valence-corrected chi connectivity index (χ3v) is 6.09. The van der Waals surface area contributed by atoms with Gasteiger partial charge in [-0.25, -0.2) is 5.43 Å². The summed E-state index contributed by atoms with van der Waals surface area (Å²) in [4.78, 5) is 20.6. The minimum Gasteiger partial charge on any atom is -0.378 e. The summed E-state index contributed by atoms with van der Waals surface area (Å²) in [5.74, 6) is 1.43. The highest BCUT2D eigenvalue weighted by Gasteiger charge is 2.17. The van der Waals surface area contributed by atoms with Gasteiger partial charge in [0.05, 0.1) is 19.4 Å². The van der Waals surface area contributed by atoms with Crippen molar-refractivity contribution in [3.63, 3.8) is 0 Å². The minimum atomic E-state index is 0.380. The first-order valence-corrected chi connectivity index (χ1v) is 12.0. The maximum absolute atomic E-state index is 5.47. The van der Waals surface area contributed by atoms with Gasteiger partial charge in [-0.3, -0.25) is 0 Å². The molecule has 1 aromatic heterocycles. The maximum Gasteiger partial charge on any atom is 0.250 e. The summed E-state index contributed by atoms with van der Waals surface area (Å²) in [7, 11) is 2.17. The quantitative estimate of drug-likeness (QED) is 0.397. The van der Waals surface area contributed by atoms with Crippen molar-refractivity contribution < 1.29 is 4.74 Å². The Labute approximate surface area is 205 Å². The van der Waals surface area contributed by atoms with Crippen LogP contribution in [0.5, 0.6) is 0 Å². The molecule has 10 heteroatoms. The monoisotopic (exact) mass is 473 g/mol. The summed E-state index contributed by atoms with van der Waals surface area (Å²) in [6.45, 7) is 7.05. The van der Waals surface area contributed by atoms with E-state index in [4.69, 9.17) is 4.74 Å². The third-order valence-electron chi connectivity index (χ3n) is 6.09. The Balaban J connectivity index is 1.28. The van der Waals surface area contributed by atoms with Crippen molar-refractivity contribution in [3.05, 3.63) is 60.2 Å². The molecule has 35 heavy (non-hydrogen) atoms. The zero-order valence-electron chi connectivity index (χ0n) is 20.0. The highest BCUT2D eigenvalue weighted by molar-refractivity contribution is 5.80. The van der Waals surface area contributed by atoms with Crippen LogP contribution in [0.4, 0.5) is 29.2 Å². The average Bonchev–Trinajstić information content (AvgIpc) is 2.91. The van der Waals surface area contributed by atoms with Crippen molar-refractivity contribution in [1.29, 1.82) is 0 Å². The number of rotatable bonds is 7. The fraction of sp³-hybridized carbons (Fsp3) is 0.360. The Morgan fingerprint density at radius 2 is 1.51 bits per heavy atom. The standard InChI is InChI=1S/C25H31N9O/c1-32-11-13-33(14-12-32)22-9-7-20(8-10-22)19-26-31-24-28-23(27-21-5-3-2-4-6-21)29-25(30-24)34-15-17-35-18-16-34/h2-10,19H,11-18H2,1H3,(H2,27,28,29,30,31)/b26-19+. The average molecular weight is 474 g/mol. The number of anilines is 5. The van der Waals surface area contributed by atoms with E-state index in [-0.39, 0.29) is 0 Å². The number of aromatic nitrogens is 3. The first kappa shape index (κ1) is 23.0. The van der Waals surface area contributed by atoms with E-state index in [9.17, 15) is 0 Å². The number of piperazine rings is 1. The molecule has 2 N–H and O–H groups in total. The van der Waals surface area contributed by atoms with Crippen LogP contribution in [0.1, 0.15) is 5.56 Å². The lowest BCUT2D eigenvalue weighted by molar-refractivity contribution is 0.122. The predicted molar refractivity (Wildman–Crippen MR) is 140 cm³/mol. The SMILES string of the molecule is CN1CCN(c2ccc(/C=N/Nc3nc(Nc4ccccc4)nc(N4CCOCC4)n3)cc2)CC1. The molecule has 0 radical (unpaired) electrons. The molecule has 182 valence electrons. The summed E-state index contributed by atoms with van der Waals surface area (Å²) < 4.78 is 5.47. The number of morpholine rings is 1. The van der Waals surface area contributed by atoms with Crippen LogP contribution < -0.4 is 20.5 Å². The number of nitrogens with one attached hydrogen (secondary N) is 2. The van der Waals surface area contributed by atoms with E-state index in [1.807, 2.05) is 30.3 Å². The summed E-state index contributed by atoms with van der Waals surface area (Å²) in [6, 6.07) is 18.3. The summed E-state index contributed by atoms with van der Waals surface area (Å²) in [5.41, 5.74) is 6.12. The van der Waals surface area contributed by atoms with Crippen molar-refractivity contribution >= 4 is 35.4 Å². The largest absolute Gasteiger partial charge is 0.378 e. The van der Waals surface area contributed by atoms with Crippen molar-refractivity contribution in [1.82, 2.24) is 19.9 Å². The number of hydrazone groups is 1. The molecule has 0 unspecified atom stereocenters. The van der Waals surface area contributed by atoms with Crippen LogP contribution in [-0.2, 0) is 4.74 Å². The van der Waals surface area contributed by atoms with Crippen molar-refractivity contribution in [2.24, 2.45) is 5.10 Å². The Hall–Kier alpha value is -3.76. The fourth-order valence-corrected chi connectivity index (χ4v) is 4.03. The van der Waals surface area contributed by atoms with Crippen LogP contribution >= 0.6 is 0 Å². The van der Waals surface area contributed by atoms with Crippen LogP contribution in [-0.4, -0.2) is 85.6 Å². The number of hydrogen-bond acceptors (Lipinski definition) is 10. The normalized spacial score (nSPS) is 17.1. The molecule has 0 bridgehead atoms. The number of hydrogen-bond donors (Lipinski definition) is 2. The molecule has 2 aliphatic rings. The first-order chi connectivity index (χ1) is 17.2. The van der Waals surface area contributed by atoms with Gasteiger partial charge in [-0.15, -0.1) is 0 Å². The molecular weight excluding hydrogens is 442 g/mol. The molecule has 3 aromatic rings. The van der Waals surface area contributed by atoms with E-state index in [0.717, 1.165) is 50.5 Å². The van der Waals surface area contributed by atoms with Gasteiger partial charge in [0.1, 0.15) is 0 Å². The number of benzene rings is 2. The van der Waals surface area contributed by atoms with E-state index >= 15 is 0 Å². The maximum atomic E-state index is 5.47. The second-order valence-electron chi connectivity index (χ2n) is 8.62. The van der Waals surface area contributed by atoms with Gasteiger partial charge in [0.25, 0.3) is 0 Å². The molecule has 2 saturated heterocycles. The van der Waals surface area contributed by atoms with Crippen molar-refractivity contribution in [2.45, 2.75) is 0 Å². The molecule has 0 aliphatic carbocycles.